The number of nitrogens with zero attached hydrogens (tertiary/aromatic N) is 2. The van der Waals surface area contributed by atoms with Crippen LogP contribution in [-0.4, -0.2) is 53.6 Å². The highest BCUT2D eigenvalue weighted by Crippen LogP contribution is 2.52. The van der Waals surface area contributed by atoms with Crippen molar-refractivity contribution in [3.63, 3.8) is 0 Å². The number of para-hydroxylation sites is 1. The lowest BCUT2D eigenvalue weighted by Gasteiger charge is -2.23. The summed E-state index contributed by atoms with van der Waals surface area (Å²) in [5, 5.41) is 5.28. The number of aromatic nitrogens is 1. The van der Waals surface area contributed by atoms with E-state index in [9.17, 15) is 9.59 Å². The number of thiazole rings is 1. The second-order valence-electron chi connectivity index (χ2n) is 7.48. The van der Waals surface area contributed by atoms with Gasteiger partial charge in [-0.25, -0.2) is 4.98 Å². The van der Waals surface area contributed by atoms with Crippen LogP contribution in [0.2, 0.25) is 0 Å². The van der Waals surface area contributed by atoms with Gasteiger partial charge in [0, 0.05) is 17.5 Å². The summed E-state index contributed by atoms with van der Waals surface area (Å²) in [6, 6.07) is 7.61. The molecule has 2 fully saturated rings. The fourth-order valence-corrected chi connectivity index (χ4v) is 5.36. The maximum absolute atomic E-state index is 13.1. The van der Waals surface area contributed by atoms with Crippen LogP contribution in [0.4, 0.5) is 5.13 Å². The molecule has 4 atom stereocenters. The van der Waals surface area contributed by atoms with Gasteiger partial charge in [-0.05, 0) is 19.1 Å². The van der Waals surface area contributed by atoms with E-state index in [1.54, 1.807) is 12.0 Å². The smallest absolute Gasteiger partial charge is 0.233 e. The van der Waals surface area contributed by atoms with Gasteiger partial charge in [0.2, 0.25) is 11.8 Å². The van der Waals surface area contributed by atoms with Crippen molar-refractivity contribution in [2.45, 2.75) is 18.6 Å². The van der Waals surface area contributed by atoms with Gasteiger partial charge in [0.1, 0.15) is 11.4 Å². The Kier molecular flexibility index (Phi) is 4.22. The summed E-state index contributed by atoms with van der Waals surface area (Å²) in [6.45, 7) is 3.07. The first kappa shape index (κ1) is 18.3. The molecule has 2 amide bonds. The summed E-state index contributed by atoms with van der Waals surface area (Å²) in [6.07, 6.45) is 3.51. The third kappa shape index (κ3) is 2.70. The molecule has 2 saturated heterocycles. The molecule has 0 unspecified atom stereocenters. The van der Waals surface area contributed by atoms with E-state index in [0.29, 0.717) is 18.2 Å². The lowest BCUT2D eigenvalue weighted by Crippen LogP contribution is -2.41. The largest absolute Gasteiger partial charge is 0.496 e. The molecule has 1 aromatic carbocycles. The van der Waals surface area contributed by atoms with Crippen molar-refractivity contribution in [1.29, 1.82) is 0 Å². The van der Waals surface area contributed by atoms with E-state index >= 15 is 0 Å². The van der Waals surface area contributed by atoms with Gasteiger partial charge in [0.05, 0.1) is 37.3 Å². The van der Waals surface area contributed by atoms with Crippen molar-refractivity contribution >= 4 is 28.3 Å². The minimum absolute atomic E-state index is 0.00616. The first-order chi connectivity index (χ1) is 14.1. The highest BCUT2D eigenvalue weighted by Gasteiger charge is 2.66. The molecule has 8 heteroatoms. The molecule has 3 aliphatic rings. The molecular weight excluding hydrogens is 390 g/mol. The minimum Gasteiger partial charge on any atom is -0.496 e. The molecule has 1 N–H and O–H groups in total. The number of hydrogen-bond donors (Lipinski definition) is 1. The van der Waals surface area contributed by atoms with Crippen LogP contribution < -0.4 is 10.1 Å². The van der Waals surface area contributed by atoms with Gasteiger partial charge in [-0.15, -0.1) is 11.3 Å². The predicted molar refractivity (Wildman–Crippen MR) is 109 cm³/mol. The molecular formula is C21H21N3O4S. The first-order valence-electron chi connectivity index (χ1n) is 9.62. The number of amides is 2. The normalized spacial score (nSPS) is 29.4. The van der Waals surface area contributed by atoms with Gasteiger partial charge in [0.15, 0.2) is 5.13 Å². The Balaban J connectivity index is 1.37. The topological polar surface area (TPSA) is 80.8 Å². The summed E-state index contributed by atoms with van der Waals surface area (Å²) in [7, 11) is 1.62. The third-order valence-electron chi connectivity index (χ3n) is 5.98. The van der Waals surface area contributed by atoms with Crippen LogP contribution in [0.3, 0.4) is 0 Å². The molecule has 4 heterocycles. The van der Waals surface area contributed by atoms with Crippen molar-refractivity contribution in [3.8, 4) is 17.0 Å². The molecule has 3 aliphatic heterocycles. The highest BCUT2D eigenvalue weighted by molar-refractivity contribution is 7.14. The second kappa shape index (κ2) is 6.67. The molecule has 5 rings (SSSR count). The molecule has 7 nitrogen and oxygen atoms in total. The van der Waals surface area contributed by atoms with Crippen molar-refractivity contribution in [2.75, 3.05) is 25.5 Å². The molecule has 0 radical (unpaired) electrons. The Morgan fingerprint density at radius 2 is 2.28 bits per heavy atom. The Bertz CT molecular complexity index is 1020. The van der Waals surface area contributed by atoms with Crippen LogP contribution in [0.1, 0.15) is 6.92 Å². The Morgan fingerprint density at radius 3 is 3.07 bits per heavy atom. The SMILES string of the molecule is CCN1C[C@@]23C=C[C@@H](O2)[C@H](C(=O)Nc2nc(-c4ccccc4OC)cs2)[C@H]3C1=O. The summed E-state index contributed by atoms with van der Waals surface area (Å²) in [5.41, 5.74) is 0.935. The number of carbonyl (C=O) groups excluding carboxylic acids is 2. The fourth-order valence-electron chi connectivity index (χ4n) is 4.65. The lowest BCUT2D eigenvalue weighted by molar-refractivity contribution is -0.135. The fraction of sp³-hybridized carbons (Fsp3) is 0.381. The summed E-state index contributed by atoms with van der Waals surface area (Å²) in [5.74, 6) is -0.513. The number of likely N-dealkylation sites (N-methyl/N-ethyl adjacent to an activating group) is 1. The first-order valence-corrected chi connectivity index (χ1v) is 10.5. The van der Waals surface area contributed by atoms with Gasteiger partial charge >= 0.3 is 0 Å². The molecule has 0 saturated carbocycles. The van der Waals surface area contributed by atoms with Crippen molar-refractivity contribution < 1.29 is 19.1 Å². The number of anilines is 1. The number of hydrogen-bond acceptors (Lipinski definition) is 6. The van der Waals surface area contributed by atoms with E-state index in [4.69, 9.17) is 9.47 Å². The lowest BCUT2D eigenvalue weighted by atomic mass is 9.77. The van der Waals surface area contributed by atoms with Gasteiger partial charge in [-0.2, -0.15) is 0 Å². The summed E-state index contributed by atoms with van der Waals surface area (Å²) < 4.78 is 11.5. The van der Waals surface area contributed by atoms with Crippen LogP contribution in [0.5, 0.6) is 5.75 Å². The van der Waals surface area contributed by atoms with Crippen LogP contribution in [-0.2, 0) is 14.3 Å². The molecule has 150 valence electrons. The average Bonchev–Trinajstić information content (AvgIpc) is 3.49. The Labute approximate surface area is 172 Å². The quantitative estimate of drug-likeness (QED) is 0.765. The maximum atomic E-state index is 13.1. The van der Waals surface area contributed by atoms with Crippen molar-refractivity contribution in [1.82, 2.24) is 9.88 Å². The van der Waals surface area contributed by atoms with E-state index in [1.165, 1.54) is 11.3 Å². The van der Waals surface area contributed by atoms with Crippen LogP contribution in [0.15, 0.2) is 41.8 Å². The van der Waals surface area contributed by atoms with Crippen molar-refractivity contribution in [2.24, 2.45) is 11.8 Å². The van der Waals surface area contributed by atoms with Gasteiger partial charge in [0.25, 0.3) is 0 Å². The number of rotatable bonds is 5. The summed E-state index contributed by atoms with van der Waals surface area (Å²) >= 11 is 1.35. The molecule has 2 aromatic rings. The number of ether oxygens (including phenoxy) is 2. The van der Waals surface area contributed by atoms with Gasteiger partial charge < -0.3 is 19.7 Å². The Morgan fingerprint density at radius 1 is 1.45 bits per heavy atom. The van der Waals surface area contributed by atoms with E-state index in [2.05, 4.69) is 10.3 Å². The zero-order chi connectivity index (χ0) is 20.2. The van der Waals surface area contributed by atoms with Crippen molar-refractivity contribution in [3.05, 3.63) is 41.8 Å². The molecule has 1 aromatic heterocycles. The van der Waals surface area contributed by atoms with E-state index in [-0.39, 0.29) is 17.9 Å². The zero-order valence-corrected chi connectivity index (χ0v) is 16.9. The number of nitrogens with one attached hydrogen (secondary N) is 1. The number of carbonyl (C=O) groups is 2. The third-order valence-corrected chi connectivity index (χ3v) is 6.74. The zero-order valence-electron chi connectivity index (χ0n) is 16.1. The monoisotopic (exact) mass is 411 g/mol. The summed E-state index contributed by atoms with van der Waals surface area (Å²) in [4.78, 5) is 32.2. The van der Waals surface area contributed by atoms with E-state index < -0.39 is 17.4 Å². The highest BCUT2D eigenvalue weighted by atomic mass is 32.1. The van der Waals surface area contributed by atoms with Gasteiger partial charge in [-0.1, -0.05) is 24.3 Å². The van der Waals surface area contributed by atoms with Crippen LogP contribution in [0, 0.1) is 11.8 Å². The van der Waals surface area contributed by atoms with Crippen LogP contribution >= 0.6 is 11.3 Å². The van der Waals surface area contributed by atoms with Crippen LogP contribution in [0.25, 0.3) is 11.3 Å². The Hall–Kier alpha value is -2.71. The standard InChI is InChI=1S/C21H21N3O4S/c1-3-24-11-21-9-8-15(28-21)16(17(21)19(24)26)18(25)23-20-22-13(10-29-20)12-6-4-5-7-14(12)27-2/h4-10,15-17H,3,11H2,1-2H3,(H,22,23,25)/t15-,16+,17+,21-/m1/s1. The van der Waals surface area contributed by atoms with Gasteiger partial charge in [-0.3, -0.25) is 9.59 Å². The molecule has 1 spiro atoms. The number of benzene rings is 1. The molecule has 2 bridgehead atoms. The number of fused-ring (bicyclic) bond motifs is 1. The number of likely N-dealkylation sites (tertiary alicyclic amines) is 1. The predicted octanol–water partition coefficient (Wildman–Crippen LogP) is 2.56. The molecule has 29 heavy (non-hydrogen) atoms. The second-order valence-corrected chi connectivity index (χ2v) is 8.34. The van der Waals surface area contributed by atoms with E-state index in [0.717, 1.165) is 17.0 Å². The van der Waals surface area contributed by atoms with E-state index in [1.807, 2.05) is 48.7 Å². The number of methoxy groups -OCH3 is 1. The minimum atomic E-state index is -0.661. The maximum Gasteiger partial charge on any atom is 0.233 e. The average molecular weight is 411 g/mol. The molecule has 0 aliphatic carbocycles.